The molecule has 0 spiro atoms. The molecule has 3 N–H and O–H groups in total. The third kappa shape index (κ3) is 1.57. The molecule has 5 heteroatoms. The fourth-order valence-electron chi connectivity index (χ4n) is 5.16. The minimum Gasteiger partial charge on any atom is -0.507 e. The number of aliphatic hydroxyl groups is 1. The van der Waals surface area contributed by atoms with E-state index in [1.807, 2.05) is 0 Å². The number of hydrogen-bond donors (Lipinski definition) is 3. The first-order chi connectivity index (χ1) is 11.9. The summed E-state index contributed by atoms with van der Waals surface area (Å²) in [6.07, 6.45) is 0.952. The van der Waals surface area contributed by atoms with Crippen molar-refractivity contribution in [2.75, 3.05) is 0 Å². The summed E-state index contributed by atoms with van der Waals surface area (Å²) in [5.41, 5.74) is 0.646. The molecule has 0 radical (unpaired) electrons. The molecule has 2 aromatic rings. The Morgan fingerprint density at radius 3 is 2.48 bits per heavy atom. The first-order valence-electron chi connectivity index (χ1n) is 8.42. The summed E-state index contributed by atoms with van der Waals surface area (Å²) in [5.74, 6) is -1.08. The Morgan fingerprint density at radius 1 is 0.920 bits per heavy atom. The van der Waals surface area contributed by atoms with Crippen LogP contribution in [0.2, 0.25) is 0 Å². The number of Topliss-reactive ketones (excluding diaryl/α,β-unsaturated/α-hetero) is 2. The Hall–Kier alpha value is -2.66. The number of carbonyl (C=O) groups excluding carboxylic acids is 2. The molecule has 0 heterocycles. The summed E-state index contributed by atoms with van der Waals surface area (Å²) >= 11 is 0. The fraction of sp³-hybridized carbons (Fsp3) is 0.300. The predicted molar refractivity (Wildman–Crippen MR) is 88.0 cm³/mol. The van der Waals surface area contributed by atoms with Gasteiger partial charge in [-0.1, -0.05) is 18.2 Å². The number of ketones is 2. The molecule has 126 valence electrons. The summed E-state index contributed by atoms with van der Waals surface area (Å²) in [5, 5.41) is 32.1. The van der Waals surface area contributed by atoms with Crippen LogP contribution < -0.4 is 0 Å². The van der Waals surface area contributed by atoms with Crippen molar-refractivity contribution in [3.05, 3.63) is 58.1 Å². The number of rotatable bonds is 0. The van der Waals surface area contributed by atoms with E-state index in [0.29, 0.717) is 29.5 Å². The van der Waals surface area contributed by atoms with Crippen LogP contribution in [0.5, 0.6) is 11.5 Å². The molecule has 0 saturated carbocycles. The van der Waals surface area contributed by atoms with E-state index in [2.05, 4.69) is 0 Å². The highest BCUT2D eigenvalue weighted by molar-refractivity contribution is 6.05. The van der Waals surface area contributed by atoms with E-state index in [9.17, 15) is 24.9 Å². The molecule has 3 aliphatic rings. The van der Waals surface area contributed by atoms with Gasteiger partial charge in [0.15, 0.2) is 11.6 Å². The van der Waals surface area contributed by atoms with Crippen molar-refractivity contribution < 1.29 is 24.9 Å². The molecule has 0 aromatic heterocycles. The van der Waals surface area contributed by atoms with Gasteiger partial charge in [-0.3, -0.25) is 9.59 Å². The quantitative estimate of drug-likeness (QED) is 0.687. The average Bonchev–Trinajstić information content (AvgIpc) is 2.83. The van der Waals surface area contributed by atoms with E-state index in [-0.39, 0.29) is 46.5 Å². The molecule has 0 fully saturated rings. The third-order valence-corrected chi connectivity index (χ3v) is 6.13. The lowest BCUT2D eigenvalue weighted by atomic mass is 9.67. The van der Waals surface area contributed by atoms with Crippen LogP contribution in [-0.4, -0.2) is 26.9 Å². The number of carbonyl (C=O) groups is 2. The Balaban J connectivity index is 1.88. The van der Waals surface area contributed by atoms with Gasteiger partial charge < -0.3 is 15.3 Å². The second-order valence-electron chi connectivity index (χ2n) is 7.19. The second kappa shape index (κ2) is 4.49. The van der Waals surface area contributed by atoms with Crippen LogP contribution in [0, 0.1) is 5.92 Å². The lowest BCUT2D eigenvalue weighted by molar-refractivity contribution is 0.00800. The smallest absolute Gasteiger partial charge is 0.167 e. The molecule has 0 aliphatic heterocycles. The molecule has 0 bridgehead atoms. The monoisotopic (exact) mass is 336 g/mol. The Labute approximate surface area is 143 Å². The number of hydrogen-bond acceptors (Lipinski definition) is 5. The molecular formula is C20H16O5. The lowest BCUT2D eigenvalue weighted by Crippen LogP contribution is -2.40. The maximum absolute atomic E-state index is 12.7. The molecule has 0 unspecified atom stereocenters. The molecule has 0 saturated heterocycles. The molecule has 5 rings (SSSR count). The highest BCUT2D eigenvalue weighted by atomic mass is 16.3. The van der Waals surface area contributed by atoms with Gasteiger partial charge in [-0.2, -0.15) is 0 Å². The lowest BCUT2D eigenvalue weighted by Gasteiger charge is -2.39. The number of fused-ring (bicyclic) bond motifs is 5. The van der Waals surface area contributed by atoms with Crippen molar-refractivity contribution in [2.24, 2.45) is 5.92 Å². The molecule has 0 amide bonds. The van der Waals surface area contributed by atoms with Gasteiger partial charge >= 0.3 is 0 Å². The molecule has 3 atom stereocenters. The van der Waals surface area contributed by atoms with Crippen molar-refractivity contribution in [1.29, 1.82) is 0 Å². The van der Waals surface area contributed by atoms with Crippen molar-refractivity contribution in [3.63, 3.8) is 0 Å². The summed E-state index contributed by atoms with van der Waals surface area (Å²) in [6.45, 7) is 0. The van der Waals surface area contributed by atoms with Crippen molar-refractivity contribution >= 4 is 11.6 Å². The van der Waals surface area contributed by atoms with E-state index in [1.165, 1.54) is 12.1 Å². The Kier molecular flexibility index (Phi) is 2.63. The van der Waals surface area contributed by atoms with Crippen LogP contribution in [0.1, 0.15) is 62.6 Å². The first-order valence-corrected chi connectivity index (χ1v) is 8.42. The van der Waals surface area contributed by atoms with Gasteiger partial charge in [0.05, 0.1) is 11.1 Å². The topological polar surface area (TPSA) is 94.8 Å². The van der Waals surface area contributed by atoms with Gasteiger partial charge in [-0.15, -0.1) is 0 Å². The highest BCUT2D eigenvalue weighted by Gasteiger charge is 2.58. The zero-order valence-electron chi connectivity index (χ0n) is 13.3. The van der Waals surface area contributed by atoms with E-state index >= 15 is 0 Å². The van der Waals surface area contributed by atoms with Crippen LogP contribution in [0.15, 0.2) is 30.3 Å². The van der Waals surface area contributed by atoms with Crippen LogP contribution >= 0.6 is 0 Å². The third-order valence-electron chi connectivity index (χ3n) is 6.13. The molecule has 5 nitrogen and oxygen atoms in total. The Bertz CT molecular complexity index is 976. The van der Waals surface area contributed by atoms with Crippen LogP contribution in [0.25, 0.3) is 0 Å². The number of benzene rings is 2. The van der Waals surface area contributed by atoms with Crippen molar-refractivity contribution in [2.45, 2.75) is 30.8 Å². The number of aromatic hydroxyl groups is 2. The van der Waals surface area contributed by atoms with Gasteiger partial charge in [0.1, 0.15) is 17.1 Å². The van der Waals surface area contributed by atoms with E-state index in [1.54, 1.807) is 18.2 Å². The minimum atomic E-state index is -1.44. The zero-order chi connectivity index (χ0) is 17.5. The van der Waals surface area contributed by atoms with Gasteiger partial charge in [-0.05, 0) is 35.6 Å². The highest BCUT2D eigenvalue weighted by Crippen LogP contribution is 2.61. The standard InChI is InChI=1S/C20H16O5/c21-13-3-1-2-10-18(13)16(24)8-12-9-4-6-14(22)19-15(23)7-5-11(17(9)19)20(10,12)25/h1-3,5,7,9,12,21,23,25H,4,6,8H2/t9-,12-,20-/m0/s1. The van der Waals surface area contributed by atoms with Crippen molar-refractivity contribution in [3.8, 4) is 11.5 Å². The minimum absolute atomic E-state index is 0.0712. The summed E-state index contributed by atoms with van der Waals surface area (Å²) in [7, 11) is 0. The van der Waals surface area contributed by atoms with Crippen LogP contribution in [-0.2, 0) is 5.60 Å². The van der Waals surface area contributed by atoms with Gasteiger partial charge in [-0.25, -0.2) is 0 Å². The zero-order valence-corrected chi connectivity index (χ0v) is 13.3. The van der Waals surface area contributed by atoms with Gasteiger partial charge in [0.2, 0.25) is 0 Å². The predicted octanol–water partition coefficient (Wildman–Crippen LogP) is 2.61. The van der Waals surface area contributed by atoms with Crippen LogP contribution in [0.3, 0.4) is 0 Å². The Morgan fingerprint density at radius 2 is 1.68 bits per heavy atom. The maximum Gasteiger partial charge on any atom is 0.167 e. The summed E-state index contributed by atoms with van der Waals surface area (Å²) < 4.78 is 0. The first kappa shape index (κ1) is 14.7. The number of phenols is 2. The fourth-order valence-corrected chi connectivity index (χ4v) is 5.16. The average molecular weight is 336 g/mol. The maximum atomic E-state index is 12.7. The summed E-state index contributed by atoms with van der Waals surface area (Å²) in [6, 6.07) is 7.80. The van der Waals surface area contributed by atoms with E-state index in [0.717, 1.165) is 0 Å². The van der Waals surface area contributed by atoms with E-state index in [4.69, 9.17) is 0 Å². The largest absolute Gasteiger partial charge is 0.507 e. The second-order valence-corrected chi connectivity index (χ2v) is 7.19. The van der Waals surface area contributed by atoms with Gasteiger partial charge in [0.25, 0.3) is 0 Å². The molecule has 2 aromatic carbocycles. The molecular weight excluding hydrogens is 320 g/mol. The van der Waals surface area contributed by atoms with Crippen LogP contribution in [0.4, 0.5) is 0 Å². The molecule has 25 heavy (non-hydrogen) atoms. The normalized spacial score (nSPS) is 29.2. The van der Waals surface area contributed by atoms with E-state index < -0.39 is 11.5 Å². The van der Waals surface area contributed by atoms with Crippen molar-refractivity contribution in [1.82, 2.24) is 0 Å². The number of phenolic OH excluding ortho intramolecular Hbond substituents is 2. The summed E-state index contributed by atoms with van der Waals surface area (Å²) in [4.78, 5) is 25.0. The molecule has 3 aliphatic carbocycles. The van der Waals surface area contributed by atoms with Gasteiger partial charge in [0, 0.05) is 24.3 Å². The SMILES string of the molecule is O=C1C[C@H]2[C@@H]3CCC(=O)c4c(O)ccc(c43)[C@@]2(O)c2cccc(O)c21.